The van der Waals surface area contributed by atoms with Gasteiger partial charge in [0.1, 0.15) is 6.10 Å². The summed E-state index contributed by atoms with van der Waals surface area (Å²) in [5.41, 5.74) is 0. The fourth-order valence-corrected chi connectivity index (χ4v) is 9.18. The maximum Gasteiger partial charge on any atom is 0.306 e. The molecule has 0 fully saturated rings. The molecule has 0 rings (SSSR count). The molecule has 6 nitrogen and oxygen atoms in total. The number of hydrogen-bond donors (Lipinski definition) is 3. The van der Waals surface area contributed by atoms with Gasteiger partial charge in [0.25, 0.3) is 0 Å². The number of hydrogen-bond acceptors (Lipinski definition) is 5. The molecular weight excluding hydrogens is 827 g/mol. The number of allylic oxidation sites excluding steroid dienone is 6. The first kappa shape index (κ1) is 65.1. The van der Waals surface area contributed by atoms with Crippen LogP contribution < -0.4 is 5.32 Å². The monoisotopic (exact) mass is 942 g/mol. The molecule has 394 valence electrons. The van der Waals surface area contributed by atoms with E-state index in [9.17, 15) is 19.8 Å². The lowest BCUT2D eigenvalue weighted by Gasteiger charge is -2.24. The third-order valence-electron chi connectivity index (χ3n) is 13.7. The average molecular weight is 943 g/mol. The molecule has 0 aliphatic heterocycles. The molecule has 0 spiro atoms. The van der Waals surface area contributed by atoms with E-state index in [0.717, 1.165) is 77.0 Å². The summed E-state index contributed by atoms with van der Waals surface area (Å²) in [7, 11) is 0. The summed E-state index contributed by atoms with van der Waals surface area (Å²) in [6.07, 6.45) is 66.4. The van der Waals surface area contributed by atoms with Crippen molar-refractivity contribution in [2.45, 2.75) is 334 Å². The lowest BCUT2D eigenvalue weighted by molar-refractivity contribution is -0.151. The van der Waals surface area contributed by atoms with Gasteiger partial charge in [-0.1, -0.05) is 263 Å². The quantitative estimate of drug-likeness (QED) is 0.0244. The number of amides is 1. The van der Waals surface area contributed by atoms with E-state index in [1.165, 1.54) is 193 Å². The molecule has 0 saturated heterocycles. The summed E-state index contributed by atoms with van der Waals surface area (Å²) >= 11 is 0. The molecule has 0 saturated carbocycles. The maximum atomic E-state index is 13.3. The first-order valence-corrected chi connectivity index (χ1v) is 29.7. The fourth-order valence-electron chi connectivity index (χ4n) is 9.18. The molecule has 0 heterocycles. The Bertz CT molecular complexity index is 1100. The van der Waals surface area contributed by atoms with Crippen molar-refractivity contribution < 1.29 is 24.5 Å². The Morgan fingerprint density at radius 1 is 0.433 bits per heavy atom. The number of unbranched alkanes of at least 4 members (excludes halogenated alkanes) is 37. The van der Waals surface area contributed by atoms with Crippen molar-refractivity contribution in [1.82, 2.24) is 5.32 Å². The van der Waals surface area contributed by atoms with Crippen molar-refractivity contribution in [2.75, 3.05) is 6.61 Å². The molecule has 0 aromatic carbocycles. The highest BCUT2D eigenvalue weighted by atomic mass is 16.5. The highest BCUT2D eigenvalue weighted by Crippen LogP contribution is 2.18. The van der Waals surface area contributed by atoms with Crippen molar-refractivity contribution in [2.24, 2.45) is 0 Å². The number of nitrogens with one attached hydrogen (secondary N) is 1. The minimum atomic E-state index is -0.795. The number of aliphatic hydroxyl groups excluding tert-OH is 2. The van der Waals surface area contributed by atoms with E-state index >= 15 is 0 Å². The molecule has 1 amide bonds. The smallest absolute Gasteiger partial charge is 0.306 e. The normalized spacial score (nSPS) is 13.3. The molecule has 0 bridgehead atoms. The largest absolute Gasteiger partial charge is 0.462 e. The van der Waals surface area contributed by atoms with Gasteiger partial charge in [0.2, 0.25) is 5.91 Å². The van der Waals surface area contributed by atoms with Gasteiger partial charge in [0, 0.05) is 6.42 Å². The standard InChI is InChI=1S/C61H115NO5/c1-4-7-10-13-16-19-22-25-28-30-31-33-36-39-42-45-48-51-54-61(66)67-57(52-49-46-43-40-37-34-32-29-26-23-20-17-14-11-8-5-2)55-60(65)62-58(56-63)59(64)53-50-47-44-41-38-35-27-24-21-18-15-12-9-6-3/h29,31-34,37,57-59,63-64H,4-28,30,35-36,38-56H2,1-3H3,(H,62,65)/b32-29+,33-31+,37-34+. The Hall–Kier alpha value is -1.92. The summed E-state index contributed by atoms with van der Waals surface area (Å²) in [6.45, 7) is 6.51. The van der Waals surface area contributed by atoms with E-state index in [-0.39, 0.29) is 24.9 Å². The van der Waals surface area contributed by atoms with Gasteiger partial charge in [-0.05, 0) is 77.0 Å². The summed E-state index contributed by atoms with van der Waals surface area (Å²) in [4.78, 5) is 26.3. The lowest BCUT2D eigenvalue weighted by Crippen LogP contribution is -2.46. The van der Waals surface area contributed by atoms with Gasteiger partial charge in [0.05, 0.1) is 25.2 Å². The molecule has 0 aromatic heterocycles. The second-order valence-corrected chi connectivity index (χ2v) is 20.4. The average Bonchev–Trinajstić information content (AvgIpc) is 3.32. The van der Waals surface area contributed by atoms with Crippen LogP contribution in [0.3, 0.4) is 0 Å². The molecule has 0 aromatic rings. The van der Waals surface area contributed by atoms with Crippen LogP contribution in [-0.2, 0) is 14.3 Å². The van der Waals surface area contributed by atoms with Crippen LogP contribution in [-0.4, -0.2) is 46.9 Å². The highest BCUT2D eigenvalue weighted by molar-refractivity contribution is 5.77. The second kappa shape index (κ2) is 55.0. The van der Waals surface area contributed by atoms with Crippen LogP contribution in [0.2, 0.25) is 0 Å². The van der Waals surface area contributed by atoms with Gasteiger partial charge in [0.15, 0.2) is 0 Å². The lowest BCUT2D eigenvalue weighted by atomic mass is 10.0. The maximum absolute atomic E-state index is 13.3. The Morgan fingerprint density at radius 3 is 1.16 bits per heavy atom. The van der Waals surface area contributed by atoms with E-state index in [1.54, 1.807) is 0 Å². The van der Waals surface area contributed by atoms with Crippen molar-refractivity contribution in [3.8, 4) is 0 Å². The van der Waals surface area contributed by atoms with Crippen molar-refractivity contribution in [3.63, 3.8) is 0 Å². The summed E-state index contributed by atoms with van der Waals surface area (Å²) in [5, 5.41) is 23.9. The van der Waals surface area contributed by atoms with Gasteiger partial charge in [-0.15, -0.1) is 0 Å². The van der Waals surface area contributed by atoms with E-state index in [0.29, 0.717) is 19.3 Å². The number of ether oxygens (including phenoxy) is 1. The molecule has 0 radical (unpaired) electrons. The van der Waals surface area contributed by atoms with Crippen LogP contribution in [0.25, 0.3) is 0 Å². The Labute approximate surface area is 417 Å². The van der Waals surface area contributed by atoms with E-state index < -0.39 is 18.2 Å². The molecule has 0 aliphatic rings. The molecule has 0 aliphatic carbocycles. The van der Waals surface area contributed by atoms with E-state index in [2.05, 4.69) is 62.5 Å². The van der Waals surface area contributed by atoms with Gasteiger partial charge in [-0.3, -0.25) is 9.59 Å². The minimum absolute atomic E-state index is 0.0594. The second-order valence-electron chi connectivity index (χ2n) is 20.4. The zero-order chi connectivity index (χ0) is 48.8. The number of aliphatic hydroxyl groups is 2. The predicted octanol–water partition coefficient (Wildman–Crippen LogP) is 18.4. The van der Waals surface area contributed by atoms with E-state index in [1.807, 2.05) is 0 Å². The van der Waals surface area contributed by atoms with E-state index in [4.69, 9.17) is 4.74 Å². The first-order valence-electron chi connectivity index (χ1n) is 29.7. The fraction of sp³-hybridized carbons (Fsp3) is 0.869. The van der Waals surface area contributed by atoms with Crippen LogP contribution in [0, 0.1) is 0 Å². The zero-order valence-electron chi connectivity index (χ0n) is 45.0. The van der Waals surface area contributed by atoms with Crippen LogP contribution in [0.5, 0.6) is 0 Å². The van der Waals surface area contributed by atoms with Gasteiger partial charge in [-0.25, -0.2) is 0 Å². The topological polar surface area (TPSA) is 95.9 Å². The summed E-state index contributed by atoms with van der Waals surface area (Å²) in [6, 6.07) is -0.711. The molecule has 3 atom stereocenters. The third kappa shape index (κ3) is 50.3. The predicted molar refractivity (Wildman–Crippen MR) is 292 cm³/mol. The highest BCUT2D eigenvalue weighted by Gasteiger charge is 2.24. The summed E-state index contributed by atoms with van der Waals surface area (Å²) in [5.74, 6) is -0.495. The number of carbonyl (C=O) groups is 2. The summed E-state index contributed by atoms with van der Waals surface area (Å²) < 4.78 is 5.95. The minimum Gasteiger partial charge on any atom is -0.462 e. The Kier molecular flexibility index (Phi) is 53.4. The molecule has 3 unspecified atom stereocenters. The van der Waals surface area contributed by atoms with Gasteiger partial charge >= 0.3 is 5.97 Å². The Balaban J connectivity index is 4.59. The first-order chi connectivity index (χ1) is 33.0. The molecular formula is C61H115NO5. The Morgan fingerprint density at radius 2 is 0.761 bits per heavy atom. The molecule has 6 heteroatoms. The van der Waals surface area contributed by atoms with Gasteiger partial charge in [-0.2, -0.15) is 0 Å². The van der Waals surface area contributed by atoms with Crippen molar-refractivity contribution >= 4 is 11.9 Å². The number of carbonyl (C=O) groups excluding carboxylic acids is 2. The number of esters is 1. The zero-order valence-corrected chi connectivity index (χ0v) is 45.0. The number of rotatable bonds is 54. The van der Waals surface area contributed by atoms with Crippen LogP contribution in [0.1, 0.15) is 316 Å². The molecule has 3 N–H and O–H groups in total. The van der Waals surface area contributed by atoms with Crippen LogP contribution in [0.4, 0.5) is 0 Å². The van der Waals surface area contributed by atoms with Crippen molar-refractivity contribution in [3.05, 3.63) is 36.5 Å². The van der Waals surface area contributed by atoms with Crippen LogP contribution >= 0.6 is 0 Å². The molecule has 67 heavy (non-hydrogen) atoms. The SMILES string of the molecule is CCCCCCCCC/C=C/C=C/CCCCCC(CC(=O)NC(CO)C(O)CCCCCCCCCCCCCCCC)OC(=O)CCCCCCC/C=C/CCCCCCCCCCC. The van der Waals surface area contributed by atoms with Crippen LogP contribution in [0.15, 0.2) is 36.5 Å². The van der Waals surface area contributed by atoms with Crippen molar-refractivity contribution in [1.29, 1.82) is 0 Å². The van der Waals surface area contributed by atoms with Gasteiger partial charge < -0.3 is 20.3 Å². The third-order valence-corrected chi connectivity index (χ3v) is 13.7.